The zero-order valence-corrected chi connectivity index (χ0v) is 15.2. The van der Waals surface area contributed by atoms with Crippen molar-refractivity contribution in [1.82, 2.24) is 5.32 Å². The van der Waals surface area contributed by atoms with Crippen LogP contribution >= 0.6 is 11.8 Å². The van der Waals surface area contributed by atoms with E-state index >= 15 is 0 Å². The zero-order valence-electron chi connectivity index (χ0n) is 14.4. The minimum atomic E-state index is -0.158. The second-order valence-corrected chi connectivity index (χ2v) is 6.82. The molecule has 2 N–H and O–H groups in total. The average Bonchev–Trinajstić information content (AvgIpc) is 2.96. The van der Waals surface area contributed by atoms with Crippen molar-refractivity contribution in [2.24, 2.45) is 0 Å². The van der Waals surface area contributed by atoms with E-state index in [4.69, 9.17) is 4.74 Å². The molecule has 1 amide bonds. The lowest BCUT2D eigenvalue weighted by Gasteiger charge is -2.12. The third kappa shape index (κ3) is 4.57. The molecule has 1 aliphatic heterocycles. The molecular formula is C20H22N2O2S. The Hall–Kier alpha value is -2.40. The largest absolute Gasteiger partial charge is 0.494 e. The maximum Gasteiger partial charge on any atom is 0.260 e. The molecule has 2 aromatic rings. The number of carbonyl (C=O) groups excluding carboxylic acids is 1. The fourth-order valence-electron chi connectivity index (χ4n) is 2.53. The topological polar surface area (TPSA) is 50.4 Å². The van der Waals surface area contributed by atoms with Gasteiger partial charge in [-0.1, -0.05) is 43.0 Å². The van der Waals surface area contributed by atoms with Gasteiger partial charge in [0, 0.05) is 5.69 Å². The van der Waals surface area contributed by atoms with Gasteiger partial charge in [0.25, 0.3) is 5.91 Å². The minimum absolute atomic E-state index is 0.0541. The maximum absolute atomic E-state index is 12.2. The first kappa shape index (κ1) is 17.4. The Morgan fingerprint density at radius 2 is 1.84 bits per heavy atom. The molecule has 1 saturated heterocycles. The first-order valence-corrected chi connectivity index (χ1v) is 9.33. The van der Waals surface area contributed by atoms with Gasteiger partial charge in [0.05, 0.1) is 11.5 Å². The Morgan fingerprint density at radius 1 is 1.12 bits per heavy atom. The summed E-state index contributed by atoms with van der Waals surface area (Å²) in [6.07, 6.45) is 2.92. The van der Waals surface area contributed by atoms with Gasteiger partial charge in [-0.3, -0.25) is 4.79 Å². The van der Waals surface area contributed by atoms with E-state index in [-0.39, 0.29) is 11.4 Å². The van der Waals surface area contributed by atoms with Gasteiger partial charge >= 0.3 is 0 Å². The molecule has 0 aromatic heterocycles. The summed E-state index contributed by atoms with van der Waals surface area (Å²) in [5.41, 5.74) is 3.12. The van der Waals surface area contributed by atoms with Crippen LogP contribution in [0.2, 0.25) is 0 Å². The number of ether oxygens (including phenoxy) is 1. The number of rotatable bonds is 6. The molecule has 0 aliphatic carbocycles. The SMILES string of the molecule is CCOc1ccc(/C=C2\S[C@H](Nc3ccc(CC)cc3)NC2=O)cc1. The summed E-state index contributed by atoms with van der Waals surface area (Å²) in [7, 11) is 0. The molecule has 0 bridgehead atoms. The number of benzene rings is 2. The predicted molar refractivity (Wildman–Crippen MR) is 105 cm³/mol. The minimum Gasteiger partial charge on any atom is -0.494 e. The van der Waals surface area contributed by atoms with Crippen molar-refractivity contribution in [1.29, 1.82) is 0 Å². The molecular weight excluding hydrogens is 332 g/mol. The van der Waals surface area contributed by atoms with Crippen LogP contribution in [-0.2, 0) is 11.2 Å². The second kappa shape index (κ2) is 8.12. The van der Waals surface area contributed by atoms with E-state index in [0.717, 1.165) is 23.4 Å². The number of aryl methyl sites for hydroxylation is 1. The molecule has 3 rings (SSSR count). The first-order chi connectivity index (χ1) is 12.2. The van der Waals surface area contributed by atoms with Crippen LogP contribution in [0.25, 0.3) is 6.08 Å². The summed E-state index contributed by atoms with van der Waals surface area (Å²) in [6, 6.07) is 16.0. The fourth-order valence-corrected chi connectivity index (χ4v) is 3.52. The van der Waals surface area contributed by atoms with Crippen LogP contribution in [0, 0.1) is 0 Å². The van der Waals surface area contributed by atoms with Crippen LogP contribution in [0.1, 0.15) is 25.0 Å². The van der Waals surface area contributed by atoms with E-state index in [0.29, 0.717) is 11.5 Å². The lowest BCUT2D eigenvalue weighted by molar-refractivity contribution is -0.116. The number of hydrogen-bond donors (Lipinski definition) is 2. The molecule has 0 radical (unpaired) electrons. The second-order valence-electron chi connectivity index (χ2n) is 5.68. The van der Waals surface area contributed by atoms with Crippen LogP contribution in [0.4, 0.5) is 5.69 Å². The van der Waals surface area contributed by atoms with E-state index < -0.39 is 0 Å². The number of thioether (sulfide) groups is 1. The first-order valence-electron chi connectivity index (χ1n) is 8.45. The quantitative estimate of drug-likeness (QED) is 0.762. The molecule has 0 saturated carbocycles. The lowest BCUT2D eigenvalue weighted by Crippen LogP contribution is -2.30. The highest BCUT2D eigenvalue weighted by Crippen LogP contribution is 2.30. The highest BCUT2D eigenvalue weighted by Gasteiger charge is 2.27. The van der Waals surface area contributed by atoms with Crippen molar-refractivity contribution < 1.29 is 9.53 Å². The third-order valence-corrected chi connectivity index (χ3v) is 4.91. The average molecular weight is 354 g/mol. The lowest BCUT2D eigenvalue weighted by atomic mass is 10.1. The summed E-state index contributed by atoms with van der Waals surface area (Å²) in [6.45, 7) is 4.73. The Labute approximate surface area is 152 Å². The molecule has 1 atom stereocenters. The number of nitrogens with one attached hydrogen (secondary N) is 2. The highest BCUT2D eigenvalue weighted by atomic mass is 32.2. The van der Waals surface area contributed by atoms with Crippen molar-refractivity contribution in [3.63, 3.8) is 0 Å². The molecule has 130 valence electrons. The van der Waals surface area contributed by atoms with Crippen molar-refractivity contribution in [3.05, 3.63) is 64.6 Å². The summed E-state index contributed by atoms with van der Waals surface area (Å²) in [5.74, 6) is 0.782. The molecule has 1 fully saturated rings. The Bertz CT molecular complexity index is 754. The molecule has 0 spiro atoms. The van der Waals surface area contributed by atoms with E-state index in [2.05, 4.69) is 29.7 Å². The van der Waals surface area contributed by atoms with Gasteiger partial charge in [-0.25, -0.2) is 0 Å². The normalized spacial score (nSPS) is 18.2. The molecule has 5 heteroatoms. The molecule has 4 nitrogen and oxygen atoms in total. The Morgan fingerprint density at radius 3 is 2.48 bits per heavy atom. The van der Waals surface area contributed by atoms with Gasteiger partial charge in [0.2, 0.25) is 0 Å². The van der Waals surface area contributed by atoms with Gasteiger partial charge in [-0.05, 0) is 54.8 Å². The van der Waals surface area contributed by atoms with Gasteiger partial charge in [0.15, 0.2) is 5.50 Å². The van der Waals surface area contributed by atoms with Crippen LogP contribution in [0.15, 0.2) is 53.4 Å². The predicted octanol–water partition coefficient (Wildman–Crippen LogP) is 4.25. The highest BCUT2D eigenvalue weighted by molar-refractivity contribution is 8.05. The summed E-state index contributed by atoms with van der Waals surface area (Å²) in [4.78, 5) is 12.9. The maximum atomic E-state index is 12.2. The molecule has 1 aliphatic rings. The number of amides is 1. The van der Waals surface area contributed by atoms with Crippen molar-refractivity contribution in [2.75, 3.05) is 11.9 Å². The van der Waals surface area contributed by atoms with E-state index in [1.807, 2.05) is 49.4 Å². The van der Waals surface area contributed by atoms with Gasteiger partial charge in [-0.2, -0.15) is 0 Å². The van der Waals surface area contributed by atoms with Crippen molar-refractivity contribution in [3.8, 4) is 5.75 Å². The van der Waals surface area contributed by atoms with Crippen LogP contribution in [0.3, 0.4) is 0 Å². The number of hydrogen-bond acceptors (Lipinski definition) is 4. The number of carbonyl (C=O) groups is 1. The van der Waals surface area contributed by atoms with Crippen molar-refractivity contribution in [2.45, 2.75) is 25.8 Å². The van der Waals surface area contributed by atoms with Gasteiger partial charge < -0.3 is 15.4 Å². The fraction of sp³-hybridized carbons (Fsp3) is 0.250. The summed E-state index contributed by atoms with van der Waals surface area (Å²) < 4.78 is 5.44. The Kier molecular flexibility index (Phi) is 5.66. The van der Waals surface area contributed by atoms with E-state index in [1.165, 1.54) is 17.3 Å². The zero-order chi connectivity index (χ0) is 17.6. The van der Waals surface area contributed by atoms with Gasteiger partial charge in [-0.15, -0.1) is 0 Å². The van der Waals surface area contributed by atoms with E-state index in [9.17, 15) is 4.79 Å². The van der Waals surface area contributed by atoms with Crippen LogP contribution < -0.4 is 15.4 Å². The smallest absolute Gasteiger partial charge is 0.260 e. The third-order valence-electron chi connectivity index (χ3n) is 3.88. The number of anilines is 1. The molecule has 2 aromatic carbocycles. The summed E-state index contributed by atoms with van der Waals surface area (Å²) >= 11 is 1.49. The van der Waals surface area contributed by atoms with Gasteiger partial charge in [0.1, 0.15) is 5.75 Å². The van der Waals surface area contributed by atoms with Crippen LogP contribution in [-0.4, -0.2) is 18.0 Å². The monoisotopic (exact) mass is 354 g/mol. The molecule has 25 heavy (non-hydrogen) atoms. The standard InChI is InChI=1S/C20H22N2O2S/c1-3-14-5-9-16(10-6-14)21-20-22-19(23)18(25-20)13-15-7-11-17(12-8-15)24-4-2/h5-13,20-21H,3-4H2,1-2H3,(H,22,23)/b18-13-/t20-/m1/s1. The summed E-state index contributed by atoms with van der Waals surface area (Å²) in [5, 5.41) is 6.29. The Balaban J connectivity index is 1.64. The van der Waals surface area contributed by atoms with Crippen molar-refractivity contribution >= 4 is 29.4 Å². The van der Waals surface area contributed by atoms with E-state index in [1.54, 1.807) is 0 Å². The van der Waals surface area contributed by atoms with Crippen LogP contribution in [0.5, 0.6) is 5.75 Å². The molecule has 1 heterocycles. The molecule has 0 unspecified atom stereocenters.